The molecule has 0 amide bonds. The van der Waals surface area contributed by atoms with Crippen molar-refractivity contribution < 1.29 is 8.78 Å². The molecule has 0 heterocycles. The minimum Gasteiger partial charge on any atom is -0.204 e. The van der Waals surface area contributed by atoms with Crippen molar-refractivity contribution in [1.29, 1.82) is 0 Å². The third-order valence-corrected chi connectivity index (χ3v) is 3.52. The summed E-state index contributed by atoms with van der Waals surface area (Å²) in [6.45, 7) is 4.12. The van der Waals surface area contributed by atoms with E-state index in [0.29, 0.717) is 17.9 Å². The van der Waals surface area contributed by atoms with Gasteiger partial charge in [-0.05, 0) is 24.0 Å². The molecule has 0 aliphatic heterocycles. The Bertz CT molecular complexity index is 335. The Morgan fingerprint density at radius 3 is 2.38 bits per heavy atom. The van der Waals surface area contributed by atoms with E-state index in [4.69, 9.17) is 11.6 Å². The van der Waals surface area contributed by atoms with E-state index in [1.807, 2.05) is 0 Å². The first-order valence-electron chi connectivity index (χ1n) is 5.67. The van der Waals surface area contributed by atoms with Crippen LogP contribution in [0.15, 0.2) is 18.2 Å². The number of alkyl halides is 1. The molecule has 0 saturated heterocycles. The van der Waals surface area contributed by atoms with Crippen molar-refractivity contribution in [2.24, 2.45) is 5.92 Å². The van der Waals surface area contributed by atoms with E-state index in [1.54, 1.807) is 6.07 Å². The quantitative estimate of drug-likeness (QED) is 0.669. The molecule has 90 valence electrons. The summed E-state index contributed by atoms with van der Waals surface area (Å²) in [5.41, 5.74) is 0.368. The van der Waals surface area contributed by atoms with Crippen LogP contribution in [0.3, 0.4) is 0 Å². The van der Waals surface area contributed by atoms with Crippen LogP contribution in [0.4, 0.5) is 8.78 Å². The summed E-state index contributed by atoms with van der Waals surface area (Å²) in [5, 5.41) is -0.133. The van der Waals surface area contributed by atoms with Gasteiger partial charge in [-0.2, -0.15) is 0 Å². The van der Waals surface area contributed by atoms with Crippen LogP contribution in [-0.2, 0) is 6.42 Å². The van der Waals surface area contributed by atoms with Crippen molar-refractivity contribution in [2.75, 3.05) is 0 Å². The monoisotopic (exact) mass is 246 g/mol. The molecule has 0 aliphatic rings. The minimum absolute atomic E-state index is 0.133. The lowest BCUT2D eigenvalue weighted by Crippen LogP contribution is -2.17. The fraction of sp³-hybridized carbons (Fsp3) is 0.538. The van der Waals surface area contributed by atoms with Crippen molar-refractivity contribution in [2.45, 2.75) is 38.5 Å². The molecule has 1 atom stereocenters. The van der Waals surface area contributed by atoms with Crippen molar-refractivity contribution in [3.8, 4) is 0 Å². The number of benzene rings is 1. The molecule has 0 aliphatic carbocycles. The number of rotatable bonds is 5. The van der Waals surface area contributed by atoms with Crippen LogP contribution in [0.5, 0.6) is 0 Å². The molecular formula is C13H17ClF2. The van der Waals surface area contributed by atoms with Gasteiger partial charge in [-0.15, -0.1) is 11.6 Å². The molecule has 1 unspecified atom stereocenters. The average Bonchev–Trinajstić information content (AvgIpc) is 2.26. The standard InChI is InChI=1S/C13H17ClF2/c1-3-9(4-2)11(14)8-10-6-5-7-12(15)13(10)16/h5-7,9,11H,3-4,8H2,1-2H3. The van der Waals surface area contributed by atoms with E-state index < -0.39 is 11.6 Å². The summed E-state index contributed by atoms with van der Waals surface area (Å²) in [5.74, 6) is -1.21. The van der Waals surface area contributed by atoms with Crippen molar-refractivity contribution >= 4 is 11.6 Å². The zero-order chi connectivity index (χ0) is 12.1. The Kier molecular flexibility index (Phi) is 5.20. The first-order valence-corrected chi connectivity index (χ1v) is 6.10. The van der Waals surface area contributed by atoms with E-state index in [2.05, 4.69) is 13.8 Å². The van der Waals surface area contributed by atoms with Gasteiger partial charge in [-0.25, -0.2) is 8.78 Å². The van der Waals surface area contributed by atoms with Gasteiger partial charge in [-0.1, -0.05) is 38.8 Å². The van der Waals surface area contributed by atoms with Gasteiger partial charge < -0.3 is 0 Å². The molecule has 0 radical (unpaired) electrons. The second-order valence-corrected chi connectivity index (χ2v) is 4.57. The number of hydrogen-bond donors (Lipinski definition) is 0. The third kappa shape index (κ3) is 3.18. The fourth-order valence-corrected chi connectivity index (χ4v) is 2.41. The summed E-state index contributed by atoms with van der Waals surface area (Å²) in [4.78, 5) is 0. The zero-order valence-corrected chi connectivity index (χ0v) is 10.4. The van der Waals surface area contributed by atoms with Crippen LogP contribution < -0.4 is 0 Å². The Labute approximate surface area is 101 Å². The molecule has 0 nitrogen and oxygen atoms in total. The molecule has 0 bridgehead atoms. The van der Waals surface area contributed by atoms with E-state index in [9.17, 15) is 8.78 Å². The SMILES string of the molecule is CCC(CC)C(Cl)Cc1cccc(F)c1F. The molecule has 0 saturated carbocycles. The fourth-order valence-electron chi connectivity index (χ4n) is 1.88. The lowest BCUT2D eigenvalue weighted by Gasteiger charge is -2.19. The second-order valence-electron chi connectivity index (χ2n) is 4.01. The van der Waals surface area contributed by atoms with E-state index >= 15 is 0 Å². The van der Waals surface area contributed by atoms with Crippen LogP contribution in [-0.4, -0.2) is 5.38 Å². The smallest absolute Gasteiger partial charge is 0.162 e. The van der Waals surface area contributed by atoms with Gasteiger partial charge in [0.25, 0.3) is 0 Å². The molecular weight excluding hydrogens is 230 g/mol. The molecule has 0 aromatic heterocycles. The van der Waals surface area contributed by atoms with Crippen LogP contribution in [0.2, 0.25) is 0 Å². The maximum absolute atomic E-state index is 13.4. The van der Waals surface area contributed by atoms with E-state index in [0.717, 1.165) is 18.9 Å². The summed E-state index contributed by atoms with van der Waals surface area (Å²) in [7, 11) is 0. The molecule has 16 heavy (non-hydrogen) atoms. The average molecular weight is 247 g/mol. The Morgan fingerprint density at radius 2 is 1.81 bits per heavy atom. The van der Waals surface area contributed by atoms with Crippen LogP contribution in [0, 0.1) is 17.6 Å². The number of halogens is 3. The largest absolute Gasteiger partial charge is 0.204 e. The highest BCUT2D eigenvalue weighted by Gasteiger charge is 2.18. The summed E-state index contributed by atoms with van der Waals surface area (Å²) < 4.78 is 26.4. The Morgan fingerprint density at radius 1 is 1.19 bits per heavy atom. The van der Waals surface area contributed by atoms with E-state index in [1.165, 1.54) is 6.07 Å². The Balaban J connectivity index is 2.76. The van der Waals surface area contributed by atoms with Gasteiger partial charge in [0.05, 0.1) is 0 Å². The highest BCUT2D eigenvalue weighted by atomic mass is 35.5. The van der Waals surface area contributed by atoms with Crippen LogP contribution in [0.25, 0.3) is 0 Å². The highest BCUT2D eigenvalue weighted by Crippen LogP contribution is 2.24. The number of hydrogen-bond acceptors (Lipinski definition) is 0. The molecule has 1 aromatic rings. The predicted molar refractivity (Wildman–Crippen MR) is 63.8 cm³/mol. The van der Waals surface area contributed by atoms with Gasteiger partial charge in [-0.3, -0.25) is 0 Å². The first kappa shape index (κ1) is 13.4. The zero-order valence-electron chi connectivity index (χ0n) is 9.64. The summed E-state index contributed by atoms with van der Waals surface area (Å²) in [6.07, 6.45) is 2.31. The van der Waals surface area contributed by atoms with Gasteiger partial charge in [0.15, 0.2) is 11.6 Å². The maximum atomic E-state index is 13.4. The van der Waals surface area contributed by atoms with Gasteiger partial charge in [0.1, 0.15) is 0 Å². The lowest BCUT2D eigenvalue weighted by atomic mass is 9.94. The minimum atomic E-state index is -0.800. The predicted octanol–water partition coefficient (Wildman–Crippen LogP) is 4.55. The highest BCUT2D eigenvalue weighted by molar-refractivity contribution is 6.20. The Hall–Kier alpha value is -0.630. The summed E-state index contributed by atoms with van der Waals surface area (Å²) >= 11 is 6.22. The maximum Gasteiger partial charge on any atom is 0.162 e. The molecule has 0 fully saturated rings. The van der Waals surface area contributed by atoms with Gasteiger partial charge in [0.2, 0.25) is 0 Å². The normalized spacial score (nSPS) is 13.1. The second kappa shape index (κ2) is 6.19. The third-order valence-electron chi connectivity index (χ3n) is 3.01. The molecule has 0 N–H and O–H groups in total. The molecule has 1 aromatic carbocycles. The topological polar surface area (TPSA) is 0 Å². The van der Waals surface area contributed by atoms with Crippen LogP contribution in [0.1, 0.15) is 32.3 Å². The van der Waals surface area contributed by atoms with Crippen molar-refractivity contribution in [3.63, 3.8) is 0 Å². The molecule has 0 spiro atoms. The first-order chi connectivity index (χ1) is 7.60. The summed E-state index contributed by atoms with van der Waals surface area (Å²) in [6, 6.07) is 4.24. The van der Waals surface area contributed by atoms with E-state index in [-0.39, 0.29) is 5.38 Å². The van der Waals surface area contributed by atoms with Gasteiger partial charge >= 0.3 is 0 Å². The van der Waals surface area contributed by atoms with Crippen molar-refractivity contribution in [3.05, 3.63) is 35.4 Å². The lowest BCUT2D eigenvalue weighted by molar-refractivity contribution is 0.450. The van der Waals surface area contributed by atoms with Crippen LogP contribution >= 0.6 is 11.6 Å². The van der Waals surface area contributed by atoms with Crippen molar-refractivity contribution in [1.82, 2.24) is 0 Å². The van der Waals surface area contributed by atoms with Gasteiger partial charge in [0, 0.05) is 5.38 Å². The molecule has 3 heteroatoms. The molecule has 1 rings (SSSR count).